The molecule has 1 aromatic heterocycles. The topological polar surface area (TPSA) is 0 Å². The summed E-state index contributed by atoms with van der Waals surface area (Å²) in [5.41, 5.74) is 0. The molecule has 0 saturated heterocycles. The minimum Gasteiger partial charge on any atom is -0.0840 e. The highest BCUT2D eigenvalue weighted by molar-refractivity contribution is 7.28. The average molecular weight is 131 g/mol. The van der Waals surface area contributed by atoms with Crippen molar-refractivity contribution in [3.63, 3.8) is 0 Å². The molecule has 36 valence electrons. The van der Waals surface area contributed by atoms with Crippen molar-refractivity contribution in [1.82, 2.24) is 0 Å². The molecule has 0 aliphatic heterocycles. The zero-order valence-electron chi connectivity index (χ0n) is 3.63. The lowest BCUT2D eigenvalue weighted by atomic mass is 10.6. The van der Waals surface area contributed by atoms with E-state index in [2.05, 4.69) is 0 Å². The summed E-state index contributed by atoms with van der Waals surface area (Å²) >= 11 is 5.56. The molecule has 2 heteroatoms. The molecule has 0 atom stereocenters. The summed E-state index contributed by atoms with van der Waals surface area (Å²) in [5.74, 6) is 3.98. The summed E-state index contributed by atoms with van der Waals surface area (Å²) in [7, 11) is 1.19. The Labute approximate surface area is 49.2 Å². The molecule has 0 amide bonds. The summed E-state index contributed by atoms with van der Waals surface area (Å²) in [6, 6.07) is 3.82. The first kappa shape index (κ1) is 5.08. The summed E-state index contributed by atoms with van der Waals surface area (Å²) in [6.45, 7) is 0. The third-order valence-electron chi connectivity index (χ3n) is 0.625. The van der Waals surface area contributed by atoms with E-state index in [9.17, 15) is 0 Å². The first-order valence-electron chi connectivity index (χ1n) is 1.95. The number of rotatable bonds is 0. The largest absolute Gasteiger partial charge is 0.0840 e. The van der Waals surface area contributed by atoms with Gasteiger partial charge in [0.2, 0.25) is 0 Å². The molecular formula is C5H4ClP. The van der Waals surface area contributed by atoms with Crippen molar-refractivity contribution in [2.24, 2.45) is 0 Å². The van der Waals surface area contributed by atoms with E-state index in [4.69, 9.17) is 11.6 Å². The molecule has 0 nitrogen and oxygen atoms in total. The predicted octanol–water partition coefficient (Wildman–Crippen LogP) is 2.92. The summed E-state index contributed by atoms with van der Waals surface area (Å²) in [5, 5.41) is 0.837. The maximum atomic E-state index is 5.56. The highest BCUT2D eigenvalue weighted by Gasteiger charge is 1.75. The van der Waals surface area contributed by atoms with E-state index in [1.54, 1.807) is 0 Å². The van der Waals surface area contributed by atoms with Crippen molar-refractivity contribution in [3.05, 3.63) is 28.8 Å². The monoisotopic (exact) mass is 130 g/mol. The smallest absolute Gasteiger partial charge is 0.0451 e. The summed E-state index contributed by atoms with van der Waals surface area (Å²) < 4.78 is 0. The average Bonchev–Trinajstić information content (AvgIpc) is 1.69. The molecule has 1 rings (SSSR count). The lowest BCUT2D eigenvalue weighted by molar-refractivity contribution is 1.88. The van der Waals surface area contributed by atoms with Gasteiger partial charge in [-0.3, -0.25) is 0 Å². The van der Waals surface area contributed by atoms with Gasteiger partial charge in [-0.25, -0.2) is 0 Å². The highest BCUT2D eigenvalue weighted by atomic mass is 35.5. The Bertz CT molecular complexity index is 138. The molecule has 1 heterocycles. The van der Waals surface area contributed by atoms with Gasteiger partial charge >= 0.3 is 0 Å². The van der Waals surface area contributed by atoms with E-state index in [1.807, 2.05) is 23.7 Å². The fourth-order valence-electron chi connectivity index (χ4n) is 0.342. The van der Waals surface area contributed by atoms with Gasteiger partial charge < -0.3 is 0 Å². The van der Waals surface area contributed by atoms with Crippen LogP contribution in [-0.2, 0) is 0 Å². The number of hydrogen-bond acceptors (Lipinski definition) is 0. The second-order valence-corrected chi connectivity index (χ2v) is 2.46. The van der Waals surface area contributed by atoms with Crippen molar-refractivity contribution in [3.8, 4) is 0 Å². The highest BCUT2D eigenvalue weighted by Crippen LogP contribution is 2.12. The maximum Gasteiger partial charge on any atom is 0.0451 e. The van der Waals surface area contributed by atoms with Crippen molar-refractivity contribution in [2.45, 2.75) is 0 Å². The van der Waals surface area contributed by atoms with Gasteiger partial charge in [-0.2, -0.15) is 0 Å². The van der Waals surface area contributed by atoms with Crippen LogP contribution in [-0.4, -0.2) is 0 Å². The van der Waals surface area contributed by atoms with Crippen LogP contribution in [0, 0.1) is 0 Å². The van der Waals surface area contributed by atoms with Crippen LogP contribution in [0.2, 0.25) is 5.02 Å². The van der Waals surface area contributed by atoms with Crippen LogP contribution in [0.3, 0.4) is 0 Å². The van der Waals surface area contributed by atoms with E-state index in [0.717, 1.165) is 5.02 Å². The Morgan fingerprint density at radius 2 is 2.43 bits per heavy atom. The number of hydrogen-bond donors (Lipinski definition) is 0. The predicted molar refractivity (Wildman–Crippen MR) is 34.0 cm³/mol. The fourth-order valence-corrected chi connectivity index (χ4v) is 1.08. The van der Waals surface area contributed by atoms with Crippen LogP contribution in [0.4, 0.5) is 0 Å². The van der Waals surface area contributed by atoms with Crippen molar-refractivity contribution >= 4 is 19.8 Å². The van der Waals surface area contributed by atoms with Gasteiger partial charge in [-0.05, 0) is 17.7 Å². The van der Waals surface area contributed by atoms with E-state index in [-0.39, 0.29) is 0 Å². The molecule has 0 aromatic carbocycles. The minimum atomic E-state index is 0.837. The Morgan fingerprint density at radius 1 is 1.57 bits per heavy atom. The van der Waals surface area contributed by atoms with Crippen LogP contribution in [0.15, 0.2) is 23.7 Å². The Hall–Kier alpha value is -0.0600. The zero-order chi connectivity index (χ0) is 5.11. The van der Waals surface area contributed by atoms with Crippen molar-refractivity contribution < 1.29 is 0 Å². The molecule has 0 spiro atoms. The summed E-state index contributed by atoms with van der Waals surface area (Å²) in [4.78, 5) is 0. The Morgan fingerprint density at radius 3 is 2.71 bits per heavy atom. The van der Waals surface area contributed by atoms with E-state index >= 15 is 0 Å². The van der Waals surface area contributed by atoms with Gasteiger partial charge in [-0.1, -0.05) is 25.9 Å². The van der Waals surface area contributed by atoms with Crippen LogP contribution >= 0.6 is 19.8 Å². The molecule has 0 fully saturated rings. The molecule has 1 aromatic rings. The maximum absolute atomic E-state index is 5.56. The second kappa shape index (κ2) is 2.30. The molecule has 0 aliphatic rings. The second-order valence-electron chi connectivity index (χ2n) is 1.17. The quantitative estimate of drug-likeness (QED) is 0.507. The Balaban J connectivity index is 3.02. The van der Waals surface area contributed by atoms with Gasteiger partial charge in [-0.15, -0.1) is 0 Å². The first-order chi connectivity index (χ1) is 3.39. The van der Waals surface area contributed by atoms with Crippen molar-refractivity contribution in [2.75, 3.05) is 0 Å². The third kappa shape index (κ3) is 1.46. The van der Waals surface area contributed by atoms with Crippen LogP contribution in [0.1, 0.15) is 0 Å². The zero-order valence-corrected chi connectivity index (χ0v) is 5.28. The van der Waals surface area contributed by atoms with Crippen molar-refractivity contribution in [1.29, 1.82) is 0 Å². The standard InChI is InChI=1S/C5H4ClP/c6-5-2-1-3-7-4-5/h1-4H. The number of halogens is 1. The van der Waals surface area contributed by atoms with Gasteiger partial charge in [0.05, 0.1) is 0 Å². The molecule has 0 N–H and O–H groups in total. The normalized spacial score (nSPS) is 9.86. The van der Waals surface area contributed by atoms with Gasteiger partial charge in [0, 0.05) is 5.02 Å². The molecule has 0 radical (unpaired) electrons. The van der Waals surface area contributed by atoms with E-state index in [1.165, 1.54) is 8.19 Å². The minimum absolute atomic E-state index is 0.837. The molecular weight excluding hydrogens is 126 g/mol. The molecule has 0 saturated carbocycles. The lowest BCUT2D eigenvalue weighted by Gasteiger charge is -1.79. The summed E-state index contributed by atoms with van der Waals surface area (Å²) in [6.07, 6.45) is 0. The van der Waals surface area contributed by atoms with Gasteiger partial charge in [0.1, 0.15) is 0 Å². The first-order valence-corrected chi connectivity index (χ1v) is 3.36. The van der Waals surface area contributed by atoms with Gasteiger partial charge in [0.15, 0.2) is 0 Å². The van der Waals surface area contributed by atoms with Crippen LogP contribution in [0.5, 0.6) is 0 Å². The SMILES string of the molecule is Clc1cccpc1. The third-order valence-corrected chi connectivity index (χ3v) is 1.78. The molecule has 0 unspecified atom stereocenters. The Kier molecular flexibility index (Phi) is 1.67. The van der Waals surface area contributed by atoms with E-state index in [0.29, 0.717) is 0 Å². The van der Waals surface area contributed by atoms with Gasteiger partial charge in [0.25, 0.3) is 0 Å². The van der Waals surface area contributed by atoms with Crippen LogP contribution in [0.25, 0.3) is 0 Å². The molecule has 7 heavy (non-hydrogen) atoms. The fraction of sp³-hybridized carbons (Fsp3) is 0. The van der Waals surface area contributed by atoms with Crippen LogP contribution < -0.4 is 0 Å². The molecule has 0 aliphatic carbocycles. The lowest BCUT2D eigenvalue weighted by Crippen LogP contribution is -1.49. The van der Waals surface area contributed by atoms with E-state index < -0.39 is 0 Å². The molecule has 0 bridgehead atoms.